The number of hydrogen-bond donors (Lipinski definition) is 1. The molecule has 1 heterocycles. The fourth-order valence-corrected chi connectivity index (χ4v) is 1.95. The van der Waals surface area contributed by atoms with Gasteiger partial charge in [0, 0.05) is 6.54 Å². The molecule has 5 heteroatoms. The van der Waals surface area contributed by atoms with E-state index in [1.54, 1.807) is 4.68 Å². The number of aliphatic hydroxyl groups excluding tert-OH is 1. The molecule has 0 saturated carbocycles. The number of hydrogen-bond acceptors (Lipinski definition) is 4. The first-order valence-electron chi connectivity index (χ1n) is 6.21. The van der Waals surface area contributed by atoms with E-state index < -0.39 is 6.10 Å². The van der Waals surface area contributed by atoms with Crippen molar-refractivity contribution in [3.63, 3.8) is 0 Å². The Hall–Kier alpha value is -1.23. The number of aryl methyl sites for hydroxylation is 1. The largest absolute Gasteiger partial charge is 0.385 e. The van der Waals surface area contributed by atoms with E-state index in [2.05, 4.69) is 10.1 Å². The summed E-state index contributed by atoms with van der Waals surface area (Å²) >= 11 is 0. The molecule has 1 rings (SSSR count). The minimum Gasteiger partial charge on any atom is -0.385 e. The Labute approximate surface area is 102 Å². The molecular weight excluding hydrogens is 218 g/mol. The van der Waals surface area contributed by atoms with Crippen LogP contribution in [0.5, 0.6) is 0 Å². The van der Waals surface area contributed by atoms with E-state index in [1.807, 2.05) is 20.8 Å². The van der Waals surface area contributed by atoms with E-state index in [4.69, 9.17) is 0 Å². The monoisotopic (exact) mass is 239 g/mol. The zero-order chi connectivity index (χ0) is 12.8. The second kappa shape index (κ2) is 6.49. The molecule has 0 aliphatic heterocycles. The van der Waals surface area contributed by atoms with Crippen molar-refractivity contribution in [2.45, 2.75) is 52.7 Å². The van der Waals surface area contributed by atoms with Crippen LogP contribution < -0.4 is 0 Å². The van der Waals surface area contributed by atoms with Crippen LogP contribution in [-0.2, 0) is 17.8 Å². The van der Waals surface area contributed by atoms with Gasteiger partial charge in [0.15, 0.2) is 5.78 Å². The van der Waals surface area contributed by atoms with Gasteiger partial charge < -0.3 is 5.11 Å². The summed E-state index contributed by atoms with van der Waals surface area (Å²) < 4.78 is 1.68. The molecule has 1 N–H and O–H groups in total. The number of rotatable bonds is 7. The molecule has 0 bridgehead atoms. The molecule has 0 aliphatic carbocycles. The third kappa shape index (κ3) is 3.36. The van der Waals surface area contributed by atoms with Gasteiger partial charge in [0.05, 0.1) is 6.42 Å². The lowest BCUT2D eigenvalue weighted by molar-refractivity contribution is -0.129. The summed E-state index contributed by atoms with van der Waals surface area (Å²) in [6.07, 6.45) is 2.33. The van der Waals surface area contributed by atoms with Crippen molar-refractivity contribution < 1.29 is 9.90 Å². The van der Waals surface area contributed by atoms with E-state index in [0.29, 0.717) is 12.4 Å². The molecule has 0 fully saturated rings. The van der Waals surface area contributed by atoms with Crippen molar-refractivity contribution >= 4 is 5.78 Å². The number of aromatic nitrogens is 3. The minimum atomic E-state index is -0.882. The Morgan fingerprint density at radius 1 is 1.41 bits per heavy atom. The minimum absolute atomic E-state index is 0.0421. The van der Waals surface area contributed by atoms with Crippen LogP contribution in [0.2, 0.25) is 0 Å². The molecule has 0 aromatic carbocycles. The molecule has 1 aromatic heterocycles. The Bertz CT molecular complexity index is 358. The highest BCUT2D eigenvalue weighted by Gasteiger charge is 2.24. The van der Waals surface area contributed by atoms with Crippen LogP contribution in [-0.4, -0.2) is 31.8 Å². The van der Waals surface area contributed by atoms with Gasteiger partial charge in [-0.25, -0.2) is 9.67 Å². The second-order valence-corrected chi connectivity index (χ2v) is 4.16. The number of carbonyl (C=O) groups is 1. The number of nitrogens with zero attached hydrogens (tertiary/aromatic N) is 3. The number of aliphatic hydroxyl groups is 1. The lowest BCUT2D eigenvalue weighted by Gasteiger charge is -2.18. The number of ketones is 1. The van der Waals surface area contributed by atoms with Gasteiger partial charge >= 0.3 is 0 Å². The molecule has 17 heavy (non-hydrogen) atoms. The average molecular weight is 239 g/mol. The summed E-state index contributed by atoms with van der Waals surface area (Å²) in [6.45, 7) is 6.60. The van der Waals surface area contributed by atoms with Crippen LogP contribution in [0.1, 0.15) is 39.4 Å². The van der Waals surface area contributed by atoms with Crippen LogP contribution >= 0.6 is 0 Å². The molecule has 1 unspecified atom stereocenters. The normalized spacial score (nSPS) is 13.0. The van der Waals surface area contributed by atoms with Crippen molar-refractivity contribution in [3.8, 4) is 0 Å². The molecule has 0 saturated heterocycles. The molecular formula is C12H21N3O2. The molecule has 0 spiro atoms. The maximum atomic E-state index is 11.9. The summed E-state index contributed by atoms with van der Waals surface area (Å²) in [7, 11) is 0. The SMILES string of the molecule is CCC(CC)C(O)C(=O)Cc1ncnn1CC. The third-order valence-corrected chi connectivity index (χ3v) is 3.15. The fourth-order valence-electron chi connectivity index (χ4n) is 1.95. The first kappa shape index (κ1) is 13.8. The summed E-state index contributed by atoms with van der Waals surface area (Å²) in [5, 5.41) is 13.9. The smallest absolute Gasteiger partial charge is 0.169 e. The highest BCUT2D eigenvalue weighted by molar-refractivity contribution is 5.84. The van der Waals surface area contributed by atoms with Gasteiger partial charge in [-0.1, -0.05) is 26.7 Å². The summed E-state index contributed by atoms with van der Waals surface area (Å²) in [4.78, 5) is 15.9. The molecule has 0 amide bonds. The first-order chi connectivity index (χ1) is 8.13. The Balaban J connectivity index is 2.65. The van der Waals surface area contributed by atoms with Gasteiger partial charge in [0.2, 0.25) is 0 Å². The molecule has 5 nitrogen and oxygen atoms in total. The molecule has 0 radical (unpaired) electrons. The Kier molecular flexibility index (Phi) is 5.28. The second-order valence-electron chi connectivity index (χ2n) is 4.16. The highest BCUT2D eigenvalue weighted by Crippen LogP contribution is 2.15. The van der Waals surface area contributed by atoms with Gasteiger partial charge in [-0.05, 0) is 12.8 Å². The van der Waals surface area contributed by atoms with Gasteiger partial charge in [0.25, 0.3) is 0 Å². The van der Waals surface area contributed by atoms with E-state index in [0.717, 1.165) is 12.8 Å². The van der Waals surface area contributed by atoms with Gasteiger partial charge in [-0.15, -0.1) is 0 Å². The summed E-state index contributed by atoms with van der Waals surface area (Å²) in [5.74, 6) is 0.504. The zero-order valence-electron chi connectivity index (χ0n) is 10.8. The maximum Gasteiger partial charge on any atom is 0.169 e. The zero-order valence-corrected chi connectivity index (χ0v) is 10.8. The topological polar surface area (TPSA) is 68.0 Å². The molecule has 1 atom stereocenters. The van der Waals surface area contributed by atoms with E-state index in [-0.39, 0.29) is 18.1 Å². The Morgan fingerprint density at radius 2 is 2.06 bits per heavy atom. The lowest BCUT2D eigenvalue weighted by atomic mass is 9.92. The summed E-state index contributed by atoms with van der Waals surface area (Å²) in [6, 6.07) is 0. The van der Waals surface area contributed by atoms with Crippen molar-refractivity contribution in [3.05, 3.63) is 12.2 Å². The Morgan fingerprint density at radius 3 is 2.59 bits per heavy atom. The predicted octanol–water partition coefficient (Wildman–Crippen LogP) is 1.21. The van der Waals surface area contributed by atoms with E-state index in [1.165, 1.54) is 6.33 Å². The molecule has 1 aromatic rings. The van der Waals surface area contributed by atoms with Crippen LogP contribution in [0.4, 0.5) is 0 Å². The lowest BCUT2D eigenvalue weighted by Crippen LogP contribution is -2.31. The van der Waals surface area contributed by atoms with Gasteiger partial charge in [0.1, 0.15) is 18.3 Å². The van der Waals surface area contributed by atoms with Crippen LogP contribution in [0.3, 0.4) is 0 Å². The standard InChI is InChI=1S/C12H21N3O2/c1-4-9(5-2)12(17)10(16)7-11-13-8-14-15(11)6-3/h8-9,12,17H,4-7H2,1-3H3. The highest BCUT2D eigenvalue weighted by atomic mass is 16.3. The molecule has 0 aliphatic rings. The molecule has 96 valence electrons. The van der Waals surface area contributed by atoms with Crippen molar-refractivity contribution in [2.24, 2.45) is 5.92 Å². The van der Waals surface area contributed by atoms with Crippen LogP contribution in [0, 0.1) is 5.92 Å². The van der Waals surface area contributed by atoms with Gasteiger partial charge in [-0.3, -0.25) is 4.79 Å². The first-order valence-corrected chi connectivity index (χ1v) is 6.21. The third-order valence-electron chi connectivity index (χ3n) is 3.15. The number of carbonyl (C=O) groups excluding carboxylic acids is 1. The summed E-state index contributed by atoms with van der Waals surface area (Å²) in [5.41, 5.74) is 0. The van der Waals surface area contributed by atoms with Crippen LogP contribution in [0.15, 0.2) is 6.33 Å². The average Bonchev–Trinajstić information content (AvgIpc) is 2.77. The maximum absolute atomic E-state index is 11.9. The van der Waals surface area contributed by atoms with Crippen molar-refractivity contribution in [1.29, 1.82) is 0 Å². The predicted molar refractivity (Wildman–Crippen MR) is 64.5 cm³/mol. The van der Waals surface area contributed by atoms with E-state index in [9.17, 15) is 9.90 Å². The fraction of sp³-hybridized carbons (Fsp3) is 0.750. The number of Topliss-reactive ketones (excluding diaryl/α,β-unsaturated/α-hetero) is 1. The van der Waals surface area contributed by atoms with Gasteiger partial charge in [-0.2, -0.15) is 5.10 Å². The van der Waals surface area contributed by atoms with Crippen molar-refractivity contribution in [2.75, 3.05) is 0 Å². The quantitative estimate of drug-likeness (QED) is 0.776. The van der Waals surface area contributed by atoms with Crippen LogP contribution in [0.25, 0.3) is 0 Å². The van der Waals surface area contributed by atoms with Crippen molar-refractivity contribution in [1.82, 2.24) is 14.8 Å². The van der Waals surface area contributed by atoms with E-state index >= 15 is 0 Å².